The van der Waals surface area contributed by atoms with Gasteiger partial charge >= 0.3 is 0 Å². The third kappa shape index (κ3) is 6.04. The predicted molar refractivity (Wildman–Crippen MR) is 92.9 cm³/mol. The number of rotatable bonds is 12. The van der Waals surface area contributed by atoms with E-state index in [0.717, 1.165) is 37.4 Å². The summed E-state index contributed by atoms with van der Waals surface area (Å²) in [6, 6.07) is 6.15. The third-order valence-corrected chi connectivity index (χ3v) is 3.77. The summed E-state index contributed by atoms with van der Waals surface area (Å²) in [6.45, 7) is 9.51. The molecular formula is C18H32N3O+. The van der Waals surface area contributed by atoms with Crippen molar-refractivity contribution in [2.75, 3.05) is 24.6 Å². The van der Waals surface area contributed by atoms with Gasteiger partial charge in [-0.25, -0.2) is 0 Å². The summed E-state index contributed by atoms with van der Waals surface area (Å²) in [6.07, 6.45) is 6.99. The van der Waals surface area contributed by atoms with Crippen molar-refractivity contribution in [3.63, 3.8) is 0 Å². The SMILES string of the molecule is CCCCOc1cc(N(CCCC)CCCC)ccc1N=[NH2+]. The normalized spacial score (nSPS) is 10.5. The second-order valence-corrected chi connectivity index (χ2v) is 5.68. The lowest BCUT2D eigenvalue weighted by atomic mass is 10.2. The highest BCUT2D eigenvalue weighted by Gasteiger charge is 2.11. The second-order valence-electron chi connectivity index (χ2n) is 5.68. The Hall–Kier alpha value is -1.58. The van der Waals surface area contributed by atoms with Crippen LogP contribution in [0.4, 0.5) is 11.4 Å². The van der Waals surface area contributed by atoms with Gasteiger partial charge in [0.2, 0.25) is 0 Å². The van der Waals surface area contributed by atoms with Crippen molar-refractivity contribution in [1.29, 1.82) is 0 Å². The Morgan fingerprint density at radius 1 is 1.00 bits per heavy atom. The fourth-order valence-corrected chi connectivity index (χ4v) is 2.32. The van der Waals surface area contributed by atoms with Gasteiger partial charge in [0.15, 0.2) is 11.4 Å². The quantitative estimate of drug-likeness (QED) is 0.466. The van der Waals surface area contributed by atoms with Gasteiger partial charge in [0.1, 0.15) is 0 Å². The molecule has 0 aliphatic carbocycles. The molecule has 0 fully saturated rings. The molecule has 22 heavy (non-hydrogen) atoms. The molecule has 4 nitrogen and oxygen atoms in total. The summed E-state index contributed by atoms with van der Waals surface area (Å²) < 4.78 is 5.87. The molecule has 0 atom stereocenters. The van der Waals surface area contributed by atoms with E-state index in [2.05, 4.69) is 42.9 Å². The molecule has 0 bridgehead atoms. The zero-order chi connectivity index (χ0) is 16.2. The Labute approximate surface area is 135 Å². The van der Waals surface area contributed by atoms with E-state index in [1.807, 2.05) is 6.07 Å². The van der Waals surface area contributed by atoms with Gasteiger partial charge in [0.25, 0.3) is 0 Å². The maximum Gasteiger partial charge on any atom is 0.171 e. The molecule has 0 heterocycles. The van der Waals surface area contributed by atoms with Gasteiger partial charge in [-0.05, 0) is 36.5 Å². The zero-order valence-corrected chi connectivity index (χ0v) is 14.5. The van der Waals surface area contributed by atoms with Gasteiger partial charge in [-0.3, -0.25) is 0 Å². The highest BCUT2D eigenvalue weighted by molar-refractivity contribution is 5.61. The number of nitrogens with zero attached hydrogens (tertiary/aromatic N) is 2. The lowest BCUT2D eigenvalue weighted by Crippen LogP contribution is -2.25. The number of unbranched alkanes of at least 4 members (excludes halogenated alkanes) is 3. The number of hydrogen-bond acceptors (Lipinski definition) is 3. The van der Waals surface area contributed by atoms with Crippen LogP contribution >= 0.6 is 0 Å². The molecule has 0 aromatic heterocycles. The summed E-state index contributed by atoms with van der Waals surface area (Å²) in [7, 11) is 0. The van der Waals surface area contributed by atoms with Crippen LogP contribution in [0.2, 0.25) is 0 Å². The molecule has 0 unspecified atom stereocenters. The third-order valence-electron chi connectivity index (χ3n) is 3.77. The summed E-state index contributed by atoms with van der Waals surface area (Å²) in [5.41, 5.74) is 7.41. The molecule has 0 aliphatic rings. The predicted octanol–water partition coefficient (Wildman–Crippen LogP) is 4.11. The first-order valence-corrected chi connectivity index (χ1v) is 8.69. The lowest BCUT2D eigenvalue weighted by Gasteiger charge is -2.25. The van der Waals surface area contributed by atoms with Crippen LogP contribution in [0, 0.1) is 0 Å². The van der Waals surface area contributed by atoms with Gasteiger partial charge in [-0.1, -0.05) is 40.0 Å². The monoisotopic (exact) mass is 306 g/mol. The molecule has 1 rings (SSSR count). The van der Waals surface area contributed by atoms with Crippen LogP contribution < -0.4 is 15.2 Å². The van der Waals surface area contributed by atoms with E-state index in [1.54, 1.807) is 0 Å². The van der Waals surface area contributed by atoms with Gasteiger partial charge in [-0.2, -0.15) is 5.53 Å². The molecule has 2 N–H and O–H groups in total. The smallest absolute Gasteiger partial charge is 0.171 e. The van der Waals surface area contributed by atoms with E-state index in [0.29, 0.717) is 6.61 Å². The minimum atomic E-state index is 0.715. The van der Waals surface area contributed by atoms with Crippen LogP contribution in [0.5, 0.6) is 5.75 Å². The van der Waals surface area contributed by atoms with Gasteiger partial charge in [0.05, 0.1) is 6.61 Å². The molecular weight excluding hydrogens is 274 g/mol. The van der Waals surface area contributed by atoms with E-state index in [-0.39, 0.29) is 0 Å². The Balaban J connectivity index is 2.88. The molecule has 4 heteroatoms. The molecule has 1 aromatic carbocycles. The highest BCUT2D eigenvalue weighted by Crippen LogP contribution is 2.32. The van der Waals surface area contributed by atoms with Crippen molar-refractivity contribution in [2.45, 2.75) is 59.3 Å². The molecule has 0 aliphatic heterocycles. The topological polar surface area (TPSA) is 50.4 Å². The summed E-state index contributed by atoms with van der Waals surface area (Å²) >= 11 is 0. The number of anilines is 1. The molecule has 124 valence electrons. The fraction of sp³-hybridized carbons (Fsp3) is 0.667. The van der Waals surface area contributed by atoms with E-state index < -0.39 is 0 Å². The second kappa shape index (κ2) is 11.0. The number of nitrogens with two attached hydrogens (primary N) is 1. The van der Waals surface area contributed by atoms with Crippen molar-refractivity contribution < 1.29 is 10.3 Å². The van der Waals surface area contributed by atoms with Crippen molar-refractivity contribution in [3.05, 3.63) is 18.2 Å². The first-order chi connectivity index (χ1) is 10.8. The van der Waals surface area contributed by atoms with Crippen molar-refractivity contribution in [3.8, 4) is 5.75 Å². The van der Waals surface area contributed by atoms with Crippen LogP contribution in [0.25, 0.3) is 0 Å². The maximum absolute atomic E-state index is 5.87. The standard InChI is InChI=1S/C18H31N3O/c1-4-7-12-21(13-8-5-2)16-10-11-17(20-19)18(15-16)22-14-9-6-3/h10-11,15,19H,4-9,12-14H2,1-3H3/p+1. The Morgan fingerprint density at radius 2 is 1.64 bits per heavy atom. The summed E-state index contributed by atoms with van der Waals surface area (Å²) in [4.78, 5) is 2.44. The first kappa shape index (κ1) is 18.5. The molecule has 0 radical (unpaired) electrons. The van der Waals surface area contributed by atoms with Crippen molar-refractivity contribution >= 4 is 11.4 Å². The van der Waals surface area contributed by atoms with E-state index in [9.17, 15) is 0 Å². The fourth-order valence-electron chi connectivity index (χ4n) is 2.32. The molecule has 1 aromatic rings. The van der Waals surface area contributed by atoms with E-state index >= 15 is 0 Å². The van der Waals surface area contributed by atoms with Crippen LogP contribution in [-0.4, -0.2) is 19.7 Å². The van der Waals surface area contributed by atoms with Crippen LogP contribution in [0.3, 0.4) is 0 Å². The average Bonchev–Trinajstić information content (AvgIpc) is 2.55. The van der Waals surface area contributed by atoms with Gasteiger partial charge in [0, 0.05) is 24.8 Å². The van der Waals surface area contributed by atoms with E-state index in [4.69, 9.17) is 10.3 Å². The van der Waals surface area contributed by atoms with Crippen LogP contribution in [0.1, 0.15) is 59.3 Å². The number of ether oxygens (including phenoxy) is 1. The van der Waals surface area contributed by atoms with E-state index in [1.165, 1.54) is 31.4 Å². The summed E-state index contributed by atoms with van der Waals surface area (Å²) in [5.74, 6) is 0.798. The maximum atomic E-state index is 5.87. The first-order valence-electron chi connectivity index (χ1n) is 8.69. The number of hydrogen-bond donors (Lipinski definition) is 1. The molecule has 0 saturated carbocycles. The van der Waals surface area contributed by atoms with Gasteiger partial charge < -0.3 is 9.64 Å². The molecule has 0 amide bonds. The van der Waals surface area contributed by atoms with Gasteiger partial charge in [-0.15, -0.1) is 0 Å². The van der Waals surface area contributed by atoms with Crippen LogP contribution in [0.15, 0.2) is 23.3 Å². The summed E-state index contributed by atoms with van der Waals surface area (Å²) in [5, 5.41) is 3.83. The minimum absolute atomic E-state index is 0.715. The van der Waals surface area contributed by atoms with Crippen molar-refractivity contribution in [2.24, 2.45) is 5.11 Å². The largest absolute Gasteiger partial charge is 0.491 e. The zero-order valence-electron chi connectivity index (χ0n) is 14.5. The van der Waals surface area contributed by atoms with Crippen molar-refractivity contribution in [1.82, 2.24) is 0 Å². The molecule has 0 saturated heterocycles. The Morgan fingerprint density at radius 3 is 2.18 bits per heavy atom. The molecule has 0 spiro atoms. The number of benzene rings is 1. The lowest BCUT2D eigenvalue weighted by molar-refractivity contribution is -0.210. The Bertz CT molecular complexity index is 426. The Kier molecular flexibility index (Phi) is 9.28. The average molecular weight is 306 g/mol. The van der Waals surface area contributed by atoms with Crippen LogP contribution in [-0.2, 0) is 0 Å². The highest BCUT2D eigenvalue weighted by atomic mass is 16.5. The minimum Gasteiger partial charge on any atom is -0.491 e.